The van der Waals surface area contributed by atoms with Crippen molar-refractivity contribution in [2.75, 3.05) is 14.2 Å². The molecular weight excluding hydrogens is 308 g/mol. The lowest BCUT2D eigenvalue weighted by Gasteiger charge is -2.11. The Bertz CT molecular complexity index is 870. The Hall–Kier alpha value is -1.98. The molecule has 4 nitrogen and oxygen atoms in total. The lowest BCUT2D eigenvalue weighted by Crippen LogP contribution is -1.98. The number of methoxy groups -OCH3 is 2. The maximum atomic E-state index is 6.11. The van der Waals surface area contributed by atoms with E-state index >= 15 is 0 Å². The van der Waals surface area contributed by atoms with Crippen molar-refractivity contribution >= 4 is 34.9 Å². The number of rotatable bonds is 3. The summed E-state index contributed by atoms with van der Waals surface area (Å²) in [5.41, 5.74) is 2.62. The van der Waals surface area contributed by atoms with Crippen LogP contribution in [0, 0.1) is 4.77 Å². The SMILES string of the molecule is COc1ccc2c(c1)[nH]c(=S)n2-c1cc(Cl)ccc1OC. The van der Waals surface area contributed by atoms with Gasteiger partial charge in [-0.25, -0.2) is 0 Å². The summed E-state index contributed by atoms with van der Waals surface area (Å²) in [6.07, 6.45) is 0. The molecule has 1 N–H and O–H groups in total. The predicted octanol–water partition coefficient (Wildman–Crippen LogP) is 4.36. The molecule has 3 aromatic rings. The first-order chi connectivity index (χ1) is 10.1. The molecule has 0 atom stereocenters. The quantitative estimate of drug-likeness (QED) is 0.729. The van der Waals surface area contributed by atoms with Crippen LogP contribution in [0.3, 0.4) is 0 Å². The highest BCUT2D eigenvalue weighted by Crippen LogP contribution is 2.30. The number of halogens is 1. The zero-order valence-corrected chi connectivity index (χ0v) is 13.1. The van der Waals surface area contributed by atoms with Gasteiger partial charge in [0.05, 0.1) is 30.9 Å². The van der Waals surface area contributed by atoms with E-state index in [0.29, 0.717) is 15.5 Å². The van der Waals surface area contributed by atoms with Crippen LogP contribution < -0.4 is 9.47 Å². The van der Waals surface area contributed by atoms with Crippen LogP contribution in [0.25, 0.3) is 16.7 Å². The fourth-order valence-electron chi connectivity index (χ4n) is 2.29. The highest BCUT2D eigenvalue weighted by atomic mass is 35.5. The molecule has 1 heterocycles. The summed E-state index contributed by atoms with van der Waals surface area (Å²) < 4.78 is 13.1. The Kier molecular flexibility index (Phi) is 3.61. The van der Waals surface area contributed by atoms with E-state index in [0.717, 1.165) is 22.5 Å². The number of nitrogens with one attached hydrogen (secondary N) is 1. The fraction of sp³-hybridized carbons (Fsp3) is 0.133. The van der Waals surface area contributed by atoms with Gasteiger partial charge in [-0.2, -0.15) is 0 Å². The average Bonchev–Trinajstić information content (AvgIpc) is 2.81. The summed E-state index contributed by atoms with van der Waals surface area (Å²) in [6, 6.07) is 11.2. The second kappa shape index (κ2) is 5.42. The number of imidazole rings is 1. The lowest BCUT2D eigenvalue weighted by atomic mass is 10.2. The van der Waals surface area contributed by atoms with Crippen molar-refractivity contribution in [3.05, 3.63) is 46.2 Å². The molecule has 0 aliphatic carbocycles. The predicted molar refractivity (Wildman–Crippen MR) is 86.6 cm³/mol. The molecule has 0 amide bonds. The van der Waals surface area contributed by atoms with Gasteiger partial charge in [-0.1, -0.05) is 11.6 Å². The van der Waals surface area contributed by atoms with E-state index < -0.39 is 0 Å². The third kappa shape index (κ3) is 2.39. The van der Waals surface area contributed by atoms with Gasteiger partial charge in [0.25, 0.3) is 0 Å². The van der Waals surface area contributed by atoms with Gasteiger partial charge in [0.2, 0.25) is 0 Å². The molecule has 6 heteroatoms. The third-order valence-electron chi connectivity index (χ3n) is 3.27. The molecular formula is C15H13ClN2O2S. The number of aromatic nitrogens is 2. The monoisotopic (exact) mass is 320 g/mol. The molecule has 0 fully saturated rings. The van der Waals surface area contributed by atoms with Crippen molar-refractivity contribution in [1.82, 2.24) is 9.55 Å². The van der Waals surface area contributed by atoms with Gasteiger partial charge < -0.3 is 14.5 Å². The number of nitrogens with zero attached hydrogens (tertiary/aromatic N) is 1. The van der Waals surface area contributed by atoms with Crippen molar-refractivity contribution in [2.45, 2.75) is 0 Å². The summed E-state index contributed by atoms with van der Waals surface area (Å²) in [5, 5.41) is 0.621. The zero-order valence-electron chi connectivity index (χ0n) is 11.5. The number of fused-ring (bicyclic) bond motifs is 1. The standard InChI is InChI=1S/C15H13ClN2O2S/c1-19-10-4-5-12-11(8-10)17-15(21)18(12)13-7-9(16)3-6-14(13)20-2/h3-8H,1-2H3,(H,17,21). The summed E-state index contributed by atoms with van der Waals surface area (Å²) in [7, 11) is 3.25. The minimum atomic E-state index is 0.568. The smallest absolute Gasteiger partial charge is 0.182 e. The van der Waals surface area contributed by atoms with Crippen LogP contribution in [0.1, 0.15) is 0 Å². The van der Waals surface area contributed by atoms with Crippen LogP contribution in [0.15, 0.2) is 36.4 Å². The van der Waals surface area contributed by atoms with Crippen LogP contribution in [-0.2, 0) is 0 Å². The molecule has 0 bridgehead atoms. The Labute approximate surface area is 131 Å². The third-order valence-corrected chi connectivity index (χ3v) is 3.79. The van der Waals surface area contributed by atoms with Crippen molar-refractivity contribution < 1.29 is 9.47 Å². The molecule has 108 valence electrons. The van der Waals surface area contributed by atoms with Crippen LogP contribution in [0.4, 0.5) is 0 Å². The van der Waals surface area contributed by atoms with Crippen molar-refractivity contribution in [3.8, 4) is 17.2 Å². The number of ether oxygens (including phenoxy) is 2. The molecule has 0 aliphatic rings. The van der Waals surface area contributed by atoms with E-state index in [9.17, 15) is 0 Å². The largest absolute Gasteiger partial charge is 0.497 e. The highest BCUT2D eigenvalue weighted by Gasteiger charge is 2.12. The van der Waals surface area contributed by atoms with E-state index in [1.807, 2.05) is 34.9 Å². The topological polar surface area (TPSA) is 39.2 Å². The highest BCUT2D eigenvalue weighted by molar-refractivity contribution is 7.71. The van der Waals surface area contributed by atoms with Crippen LogP contribution >= 0.6 is 23.8 Å². The fourth-order valence-corrected chi connectivity index (χ4v) is 2.77. The first kappa shape index (κ1) is 14.0. The Morgan fingerprint density at radius 1 is 1.10 bits per heavy atom. The Morgan fingerprint density at radius 3 is 2.62 bits per heavy atom. The molecule has 0 saturated carbocycles. The van der Waals surface area contributed by atoms with E-state index in [-0.39, 0.29) is 0 Å². The summed E-state index contributed by atoms with van der Waals surface area (Å²) >= 11 is 11.5. The maximum Gasteiger partial charge on any atom is 0.182 e. The van der Waals surface area contributed by atoms with Gasteiger partial charge in [-0.05, 0) is 42.5 Å². The van der Waals surface area contributed by atoms with E-state index in [4.69, 9.17) is 33.3 Å². The number of hydrogen-bond donors (Lipinski definition) is 1. The molecule has 0 aliphatic heterocycles. The number of H-pyrrole nitrogens is 1. The maximum absolute atomic E-state index is 6.11. The molecule has 3 rings (SSSR count). The lowest BCUT2D eigenvalue weighted by molar-refractivity contribution is 0.413. The molecule has 0 radical (unpaired) electrons. The van der Waals surface area contributed by atoms with Gasteiger partial charge >= 0.3 is 0 Å². The van der Waals surface area contributed by atoms with E-state index in [2.05, 4.69) is 4.98 Å². The second-order valence-corrected chi connectivity index (χ2v) is 5.29. The van der Waals surface area contributed by atoms with Crippen LogP contribution in [-0.4, -0.2) is 23.8 Å². The zero-order chi connectivity index (χ0) is 15.0. The summed E-state index contributed by atoms with van der Waals surface area (Å²) in [5.74, 6) is 1.47. The van der Waals surface area contributed by atoms with Crippen molar-refractivity contribution in [3.63, 3.8) is 0 Å². The van der Waals surface area contributed by atoms with Gasteiger partial charge in [0.15, 0.2) is 4.77 Å². The Morgan fingerprint density at radius 2 is 1.90 bits per heavy atom. The minimum Gasteiger partial charge on any atom is -0.497 e. The number of hydrogen-bond acceptors (Lipinski definition) is 3. The molecule has 1 aromatic heterocycles. The summed E-state index contributed by atoms with van der Waals surface area (Å²) in [6.45, 7) is 0. The summed E-state index contributed by atoms with van der Waals surface area (Å²) in [4.78, 5) is 3.17. The molecule has 0 spiro atoms. The first-order valence-electron chi connectivity index (χ1n) is 6.26. The number of aromatic amines is 1. The van der Waals surface area contributed by atoms with Gasteiger partial charge in [0, 0.05) is 11.1 Å². The van der Waals surface area contributed by atoms with E-state index in [1.165, 1.54) is 0 Å². The molecule has 0 saturated heterocycles. The van der Waals surface area contributed by atoms with Crippen molar-refractivity contribution in [1.29, 1.82) is 0 Å². The minimum absolute atomic E-state index is 0.568. The number of benzene rings is 2. The average molecular weight is 321 g/mol. The molecule has 21 heavy (non-hydrogen) atoms. The van der Waals surface area contributed by atoms with Gasteiger partial charge in [-0.15, -0.1) is 0 Å². The second-order valence-electron chi connectivity index (χ2n) is 4.46. The first-order valence-corrected chi connectivity index (χ1v) is 7.05. The molecule has 0 unspecified atom stereocenters. The van der Waals surface area contributed by atoms with Crippen LogP contribution in [0.5, 0.6) is 11.5 Å². The Balaban J connectivity index is 2.32. The normalized spacial score (nSPS) is 10.8. The van der Waals surface area contributed by atoms with Gasteiger partial charge in [0.1, 0.15) is 11.5 Å². The van der Waals surface area contributed by atoms with Gasteiger partial charge in [-0.3, -0.25) is 4.57 Å². The van der Waals surface area contributed by atoms with Crippen molar-refractivity contribution in [2.24, 2.45) is 0 Å². The van der Waals surface area contributed by atoms with E-state index in [1.54, 1.807) is 20.3 Å². The molecule has 2 aromatic carbocycles. The van der Waals surface area contributed by atoms with Crippen LogP contribution in [0.2, 0.25) is 5.02 Å².